The third-order valence-corrected chi connectivity index (χ3v) is 5.19. The Morgan fingerprint density at radius 2 is 1.77 bits per heavy atom. The predicted octanol–water partition coefficient (Wildman–Crippen LogP) is 3.93. The van der Waals surface area contributed by atoms with Gasteiger partial charge in [0.15, 0.2) is 5.84 Å². The normalized spacial score (nSPS) is 16.7. The number of methoxy groups -OCH3 is 1. The van der Waals surface area contributed by atoms with Crippen LogP contribution in [0, 0.1) is 10.8 Å². The third kappa shape index (κ3) is 2.74. The molecule has 1 N–H and O–H groups in total. The summed E-state index contributed by atoms with van der Waals surface area (Å²) in [7, 11) is 1.64. The van der Waals surface area contributed by atoms with Crippen molar-refractivity contribution in [1.82, 2.24) is 9.47 Å². The highest BCUT2D eigenvalue weighted by Crippen LogP contribution is 2.34. The third-order valence-electron chi connectivity index (χ3n) is 5.19. The van der Waals surface area contributed by atoms with Crippen molar-refractivity contribution in [1.29, 1.82) is 5.41 Å². The Bertz CT molecular complexity index is 1270. The maximum atomic E-state index is 8.99. The number of aliphatic imine (C=N–C) groups is 3. The van der Waals surface area contributed by atoms with Crippen LogP contribution in [0.3, 0.4) is 0 Å². The Hall–Kier alpha value is -3.74. The SMILES string of the molecule is COc1ccc(-n2ccc3c(c2=N)C2=NC(C(C)(C)C)=NC4=CC=CC(=N3)N42)cc1. The second-order valence-electron chi connectivity index (χ2n) is 8.30. The second-order valence-corrected chi connectivity index (χ2v) is 8.30. The minimum atomic E-state index is -0.223. The van der Waals surface area contributed by atoms with Gasteiger partial charge in [0.2, 0.25) is 0 Å². The molecule has 0 unspecified atom stereocenters. The van der Waals surface area contributed by atoms with Crippen LogP contribution in [0.1, 0.15) is 26.3 Å². The van der Waals surface area contributed by atoms with Gasteiger partial charge in [-0.1, -0.05) is 26.8 Å². The molecule has 0 saturated carbocycles. The minimum absolute atomic E-state index is 0.223. The monoisotopic (exact) mass is 398 g/mol. The maximum Gasteiger partial charge on any atom is 0.155 e. The van der Waals surface area contributed by atoms with Crippen molar-refractivity contribution in [3.05, 3.63) is 71.6 Å². The zero-order chi connectivity index (χ0) is 21.0. The highest BCUT2D eigenvalue weighted by molar-refractivity contribution is 6.23. The summed E-state index contributed by atoms with van der Waals surface area (Å²) in [4.78, 5) is 16.4. The number of aromatic nitrogens is 1. The largest absolute Gasteiger partial charge is 0.497 e. The first kappa shape index (κ1) is 18.3. The van der Waals surface area contributed by atoms with Crippen LogP contribution >= 0.6 is 0 Å². The van der Waals surface area contributed by atoms with Gasteiger partial charge >= 0.3 is 0 Å². The van der Waals surface area contributed by atoms with Crippen molar-refractivity contribution in [2.75, 3.05) is 7.11 Å². The number of nitrogens with one attached hydrogen (secondary N) is 1. The number of hydrogen-bond donors (Lipinski definition) is 1. The standard InChI is InChI=1S/C23H22N6O/c1-23(2,3)22-26-18-7-5-6-17-25-16-12-13-28(14-8-10-15(30-4)11-9-14)20(24)19(16)21(27-22)29(17)18/h5-13,24H,1-4H3. The number of nitrogens with zero attached hydrogens (tertiary/aromatic N) is 5. The summed E-state index contributed by atoms with van der Waals surface area (Å²) in [6.45, 7) is 6.27. The van der Waals surface area contributed by atoms with E-state index >= 15 is 0 Å². The Morgan fingerprint density at radius 3 is 2.47 bits per heavy atom. The smallest absolute Gasteiger partial charge is 0.155 e. The molecule has 1 aromatic carbocycles. The molecule has 0 atom stereocenters. The van der Waals surface area contributed by atoms with Crippen molar-refractivity contribution in [2.24, 2.45) is 20.4 Å². The molecule has 30 heavy (non-hydrogen) atoms. The number of amidine groups is 3. The van der Waals surface area contributed by atoms with Gasteiger partial charge in [0.1, 0.15) is 28.7 Å². The maximum absolute atomic E-state index is 8.99. The van der Waals surface area contributed by atoms with Gasteiger partial charge in [-0.2, -0.15) is 0 Å². The number of hydrogen-bond acceptors (Lipinski definition) is 6. The summed E-state index contributed by atoms with van der Waals surface area (Å²) in [5.41, 5.74) is 2.39. The molecule has 0 saturated heterocycles. The molecule has 2 aromatic rings. The van der Waals surface area contributed by atoms with Gasteiger partial charge in [0, 0.05) is 17.3 Å². The van der Waals surface area contributed by atoms with Crippen LogP contribution in [0.5, 0.6) is 5.75 Å². The summed E-state index contributed by atoms with van der Waals surface area (Å²) in [6, 6.07) is 9.56. The average molecular weight is 398 g/mol. The Labute approximate surface area is 174 Å². The van der Waals surface area contributed by atoms with Crippen molar-refractivity contribution >= 4 is 23.2 Å². The van der Waals surface area contributed by atoms with Crippen LogP contribution in [0.15, 0.2) is 75.6 Å². The molecule has 3 aliphatic rings. The van der Waals surface area contributed by atoms with Crippen LogP contribution in [0.4, 0.5) is 5.69 Å². The quantitative estimate of drug-likeness (QED) is 0.832. The average Bonchev–Trinajstić information content (AvgIpc) is 2.73. The lowest BCUT2D eigenvalue weighted by atomic mass is 9.94. The Kier molecular flexibility index (Phi) is 3.89. The van der Waals surface area contributed by atoms with E-state index in [1.54, 1.807) is 7.11 Å². The molecule has 0 aliphatic carbocycles. The number of ether oxygens (including phenoxy) is 1. The lowest BCUT2D eigenvalue weighted by molar-refractivity contribution is 0.414. The molecule has 7 heteroatoms. The number of fused-ring (bicyclic) bond motifs is 2. The van der Waals surface area contributed by atoms with E-state index in [1.165, 1.54) is 0 Å². The number of allylic oxidation sites excluding steroid dienone is 2. The summed E-state index contributed by atoms with van der Waals surface area (Å²) in [5.74, 6) is 3.74. The molecule has 1 aromatic heterocycles. The highest BCUT2D eigenvalue weighted by atomic mass is 16.5. The molecule has 0 radical (unpaired) electrons. The van der Waals surface area contributed by atoms with E-state index in [0.717, 1.165) is 34.6 Å². The molecule has 5 rings (SSSR count). The van der Waals surface area contributed by atoms with Crippen molar-refractivity contribution in [3.8, 4) is 11.4 Å². The molecule has 4 heterocycles. The number of benzene rings is 1. The van der Waals surface area contributed by atoms with Gasteiger partial charge in [0.05, 0.1) is 18.4 Å². The second kappa shape index (κ2) is 6.38. The van der Waals surface area contributed by atoms with E-state index in [0.29, 0.717) is 16.9 Å². The molecule has 0 spiro atoms. The molecule has 7 nitrogen and oxygen atoms in total. The number of rotatable bonds is 2. The molecular formula is C23H22N6O. The van der Waals surface area contributed by atoms with Gasteiger partial charge in [-0.25, -0.2) is 15.0 Å². The zero-order valence-corrected chi connectivity index (χ0v) is 17.3. The van der Waals surface area contributed by atoms with Gasteiger partial charge in [-0.3, -0.25) is 10.3 Å². The fourth-order valence-electron chi connectivity index (χ4n) is 3.60. The van der Waals surface area contributed by atoms with Crippen LogP contribution in [0.25, 0.3) is 5.69 Å². The molecular weight excluding hydrogens is 376 g/mol. The highest BCUT2D eigenvalue weighted by Gasteiger charge is 2.36. The lowest BCUT2D eigenvalue weighted by Gasteiger charge is -2.36. The van der Waals surface area contributed by atoms with Crippen molar-refractivity contribution in [3.63, 3.8) is 0 Å². The summed E-state index contributed by atoms with van der Waals surface area (Å²) >= 11 is 0. The van der Waals surface area contributed by atoms with Gasteiger partial charge < -0.3 is 9.30 Å². The fourth-order valence-corrected chi connectivity index (χ4v) is 3.60. The van der Waals surface area contributed by atoms with Crippen LogP contribution in [-0.2, 0) is 0 Å². The minimum Gasteiger partial charge on any atom is -0.497 e. The molecule has 0 bridgehead atoms. The van der Waals surface area contributed by atoms with E-state index in [1.807, 2.05) is 64.2 Å². The Morgan fingerprint density at radius 1 is 1.00 bits per heavy atom. The van der Waals surface area contributed by atoms with E-state index in [4.69, 9.17) is 25.1 Å². The van der Waals surface area contributed by atoms with Crippen LogP contribution in [-0.4, -0.2) is 34.1 Å². The Balaban J connectivity index is 1.74. The summed E-state index contributed by atoms with van der Waals surface area (Å²) in [6.07, 6.45) is 7.71. The first-order valence-corrected chi connectivity index (χ1v) is 9.77. The molecule has 0 fully saturated rings. The van der Waals surface area contributed by atoms with Gasteiger partial charge in [0.25, 0.3) is 0 Å². The fraction of sp³-hybridized carbons (Fsp3) is 0.217. The first-order valence-electron chi connectivity index (χ1n) is 9.77. The summed E-state index contributed by atoms with van der Waals surface area (Å²) < 4.78 is 7.08. The number of pyridine rings is 1. The predicted molar refractivity (Wildman–Crippen MR) is 118 cm³/mol. The van der Waals surface area contributed by atoms with Crippen molar-refractivity contribution in [2.45, 2.75) is 20.8 Å². The van der Waals surface area contributed by atoms with E-state index in [9.17, 15) is 0 Å². The van der Waals surface area contributed by atoms with Gasteiger partial charge in [-0.05, 0) is 42.5 Å². The molecule has 150 valence electrons. The van der Waals surface area contributed by atoms with Crippen LogP contribution in [0.2, 0.25) is 0 Å². The van der Waals surface area contributed by atoms with Crippen molar-refractivity contribution < 1.29 is 4.74 Å². The lowest BCUT2D eigenvalue weighted by Crippen LogP contribution is -2.46. The molecule has 3 aliphatic heterocycles. The molecule has 0 amide bonds. The first-order chi connectivity index (χ1) is 14.4. The van der Waals surface area contributed by atoms with Crippen LogP contribution < -0.4 is 10.2 Å². The zero-order valence-electron chi connectivity index (χ0n) is 17.3. The summed E-state index contributed by atoms with van der Waals surface area (Å²) in [5, 5.41) is 8.99. The van der Waals surface area contributed by atoms with E-state index < -0.39 is 0 Å². The van der Waals surface area contributed by atoms with E-state index in [2.05, 4.69) is 20.8 Å². The van der Waals surface area contributed by atoms with Gasteiger partial charge in [-0.15, -0.1) is 0 Å². The van der Waals surface area contributed by atoms with E-state index in [-0.39, 0.29) is 5.41 Å². The topological polar surface area (TPSA) is 78.3 Å².